The molecule has 0 aromatic carbocycles. The number of rotatable bonds is 7. The minimum atomic E-state index is 0.728. The molecule has 96 valence electrons. The maximum absolute atomic E-state index is 4.72. The second-order valence-corrected chi connectivity index (χ2v) is 5.71. The van der Waals surface area contributed by atoms with Crippen LogP contribution in [-0.4, -0.2) is 35.6 Å². The van der Waals surface area contributed by atoms with E-state index < -0.39 is 0 Å². The Morgan fingerprint density at radius 1 is 1.41 bits per heavy atom. The number of hydrogen-bond acceptors (Lipinski definition) is 4. The van der Waals surface area contributed by atoms with Gasteiger partial charge in [-0.15, -0.1) is 11.3 Å². The smallest absolute Gasteiger partial charge is 0.0928 e. The predicted molar refractivity (Wildman–Crippen MR) is 73.5 cm³/mol. The quantitative estimate of drug-likeness (QED) is 0.808. The molecule has 1 aliphatic heterocycles. The van der Waals surface area contributed by atoms with Gasteiger partial charge in [-0.2, -0.15) is 0 Å². The van der Waals surface area contributed by atoms with Crippen molar-refractivity contribution in [1.29, 1.82) is 0 Å². The molecular formula is C13H23N3S. The first kappa shape index (κ1) is 13.0. The lowest BCUT2D eigenvalue weighted by Gasteiger charge is -2.37. The lowest BCUT2D eigenvalue weighted by Crippen LogP contribution is -2.57. The molecule has 0 aliphatic carbocycles. The molecule has 0 unspecified atom stereocenters. The average molecular weight is 253 g/mol. The van der Waals surface area contributed by atoms with Crippen LogP contribution in [-0.2, 0) is 13.0 Å². The zero-order valence-corrected chi connectivity index (χ0v) is 11.7. The summed E-state index contributed by atoms with van der Waals surface area (Å²) in [5.41, 5.74) is 1.26. The van der Waals surface area contributed by atoms with Crippen LogP contribution < -0.4 is 5.32 Å². The zero-order valence-electron chi connectivity index (χ0n) is 10.9. The topological polar surface area (TPSA) is 28.2 Å². The van der Waals surface area contributed by atoms with E-state index in [1.165, 1.54) is 30.1 Å². The summed E-state index contributed by atoms with van der Waals surface area (Å²) in [4.78, 5) is 7.29. The fourth-order valence-corrected chi connectivity index (χ4v) is 3.06. The fourth-order valence-electron chi connectivity index (χ4n) is 2.17. The summed E-state index contributed by atoms with van der Waals surface area (Å²) in [7, 11) is 0. The summed E-state index contributed by atoms with van der Waals surface area (Å²) >= 11 is 1.82. The Morgan fingerprint density at radius 3 is 2.82 bits per heavy atom. The van der Waals surface area contributed by atoms with Crippen molar-refractivity contribution >= 4 is 11.3 Å². The van der Waals surface area contributed by atoms with Crippen LogP contribution in [0.1, 0.15) is 37.4 Å². The molecule has 1 fully saturated rings. The number of aryl methyl sites for hydroxylation is 1. The molecule has 2 rings (SSSR count). The maximum atomic E-state index is 4.72. The maximum Gasteiger partial charge on any atom is 0.0928 e. The second kappa shape index (κ2) is 6.47. The van der Waals surface area contributed by atoms with E-state index in [1.54, 1.807) is 0 Å². The predicted octanol–water partition coefficient (Wildman–Crippen LogP) is 2.28. The third kappa shape index (κ3) is 3.50. The number of aromatic nitrogens is 1. The molecule has 17 heavy (non-hydrogen) atoms. The first-order valence-corrected chi connectivity index (χ1v) is 7.59. The van der Waals surface area contributed by atoms with Gasteiger partial charge in [0.15, 0.2) is 0 Å². The van der Waals surface area contributed by atoms with Crippen molar-refractivity contribution in [2.45, 2.75) is 45.7 Å². The molecule has 4 heteroatoms. The van der Waals surface area contributed by atoms with E-state index in [0.29, 0.717) is 0 Å². The Kier molecular flexibility index (Phi) is 4.95. The summed E-state index contributed by atoms with van der Waals surface area (Å²) in [6, 6.07) is 0.728. The van der Waals surface area contributed by atoms with Gasteiger partial charge in [0, 0.05) is 31.1 Å². The molecule has 0 radical (unpaired) electrons. The van der Waals surface area contributed by atoms with E-state index >= 15 is 0 Å². The molecule has 0 atom stereocenters. The molecule has 1 saturated heterocycles. The molecule has 0 saturated carbocycles. The largest absolute Gasteiger partial charge is 0.314 e. The highest BCUT2D eigenvalue weighted by molar-refractivity contribution is 7.09. The standard InChI is InChI=1S/C13H23N3S/c1-3-5-13-15-11(10-17-13)9-16(6-4-2)12-7-14-8-12/h10,12,14H,3-9H2,1-2H3. The van der Waals surface area contributed by atoms with Crippen molar-refractivity contribution in [1.82, 2.24) is 15.2 Å². The minimum Gasteiger partial charge on any atom is -0.314 e. The highest BCUT2D eigenvalue weighted by atomic mass is 32.1. The number of hydrogen-bond donors (Lipinski definition) is 1. The van der Waals surface area contributed by atoms with Gasteiger partial charge in [-0.05, 0) is 25.8 Å². The summed E-state index contributed by atoms with van der Waals surface area (Å²) in [5.74, 6) is 0. The summed E-state index contributed by atoms with van der Waals surface area (Å²) < 4.78 is 0. The Morgan fingerprint density at radius 2 is 2.24 bits per heavy atom. The van der Waals surface area contributed by atoms with Gasteiger partial charge in [-0.1, -0.05) is 13.8 Å². The van der Waals surface area contributed by atoms with E-state index in [4.69, 9.17) is 4.98 Å². The molecule has 1 aliphatic rings. The molecule has 1 aromatic heterocycles. The van der Waals surface area contributed by atoms with E-state index in [-0.39, 0.29) is 0 Å². The molecule has 1 N–H and O–H groups in total. The van der Waals surface area contributed by atoms with Gasteiger partial charge in [0.05, 0.1) is 10.7 Å². The van der Waals surface area contributed by atoms with Crippen LogP contribution in [0, 0.1) is 0 Å². The average Bonchev–Trinajstić information content (AvgIpc) is 2.64. The van der Waals surface area contributed by atoms with E-state index in [2.05, 4.69) is 29.4 Å². The van der Waals surface area contributed by atoms with Crippen LogP contribution in [0.15, 0.2) is 5.38 Å². The molecule has 0 amide bonds. The van der Waals surface area contributed by atoms with Crippen molar-refractivity contribution in [3.8, 4) is 0 Å². The van der Waals surface area contributed by atoms with Gasteiger partial charge >= 0.3 is 0 Å². The number of nitrogens with zero attached hydrogens (tertiary/aromatic N) is 2. The third-order valence-corrected chi connectivity index (χ3v) is 4.17. The van der Waals surface area contributed by atoms with Crippen molar-refractivity contribution in [2.75, 3.05) is 19.6 Å². The van der Waals surface area contributed by atoms with Crippen LogP contribution >= 0.6 is 11.3 Å². The fraction of sp³-hybridized carbons (Fsp3) is 0.769. The highest BCUT2D eigenvalue weighted by Gasteiger charge is 2.24. The Hall–Kier alpha value is -0.450. The first-order chi connectivity index (χ1) is 8.33. The summed E-state index contributed by atoms with van der Waals surface area (Å²) in [5, 5.41) is 6.88. The van der Waals surface area contributed by atoms with Crippen LogP contribution in [0.2, 0.25) is 0 Å². The van der Waals surface area contributed by atoms with Gasteiger partial charge < -0.3 is 5.32 Å². The van der Waals surface area contributed by atoms with Crippen molar-refractivity contribution in [2.24, 2.45) is 0 Å². The van der Waals surface area contributed by atoms with Crippen molar-refractivity contribution in [3.05, 3.63) is 16.1 Å². The van der Waals surface area contributed by atoms with Gasteiger partial charge in [0.1, 0.15) is 0 Å². The molecule has 3 nitrogen and oxygen atoms in total. The van der Waals surface area contributed by atoms with Crippen LogP contribution in [0.3, 0.4) is 0 Å². The minimum absolute atomic E-state index is 0.728. The Balaban J connectivity index is 1.90. The van der Waals surface area contributed by atoms with E-state index in [9.17, 15) is 0 Å². The Bertz CT molecular complexity index is 333. The van der Waals surface area contributed by atoms with Crippen molar-refractivity contribution in [3.63, 3.8) is 0 Å². The normalized spacial score (nSPS) is 16.4. The molecular weight excluding hydrogens is 230 g/mol. The monoisotopic (exact) mass is 253 g/mol. The van der Waals surface area contributed by atoms with E-state index in [1.807, 2.05) is 11.3 Å². The summed E-state index contributed by atoms with van der Waals surface area (Å²) in [6.07, 6.45) is 3.55. The van der Waals surface area contributed by atoms with Gasteiger partial charge in [0.25, 0.3) is 0 Å². The number of thiazole rings is 1. The van der Waals surface area contributed by atoms with Crippen LogP contribution in [0.5, 0.6) is 0 Å². The molecule has 2 heterocycles. The zero-order chi connectivity index (χ0) is 12.1. The second-order valence-electron chi connectivity index (χ2n) is 4.77. The SMILES string of the molecule is CCCc1nc(CN(CCC)C2CNC2)cs1. The van der Waals surface area contributed by atoms with Crippen LogP contribution in [0.25, 0.3) is 0 Å². The Labute approximate surface area is 108 Å². The first-order valence-electron chi connectivity index (χ1n) is 6.71. The van der Waals surface area contributed by atoms with Gasteiger partial charge in [-0.25, -0.2) is 4.98 Å². The van der Waals surface area contributed by atoms with E-state index in [0.717, 1.165) is 32.1 Å². The molecule has 0 spiro atoms. The molecule has 1 aromatic rings. The lowest BCUT2D eigenvalue weighted by molar-refractivity contribution is 0.136. The van der Waals surface area contributed by atoms with Crippen LogP contribution in [0.4, 0.5) is 0 Å². The third-order valence-electron chi connectivity index (χ3n) is 3.22. The van der Waals surface area contributed by atoms with Gasteiger partial charge in [-0.3, -0.25) is 4.90 Å². The lowest BCUT2D eigenvalue weighted by atomic mass is 10.1. The summed E-state index contributed by atoms with van der Waals surface area (Å²) in [6.45, 7) is 8.97. The molecule has 0 bridgehead atoms. The number of nitrogens with one attached hydrogen (secondary N) is 1. The highest BCUT2D eigenvalue weighted by Crippen LogP contribution is 2.16. The van der Waals surface area contributed by atoms with Gasteiger partial charge in [0.2, 0.25) is 0 Å². The van der Waals surface area contributed by atoms with Crippen molar-refractivity contribution < 1.29 is 0 Å².